The molecule has 164 valence electrons. The molecule has 0 aliphatic carbocycles. The average molecular weight is 530 g/mol. The van der Waals surface area contributed by atoms with Crippen LogP contribution in [0.1, 0.15) is 12.5 Å². The maximum Gasteiger partial charge on any atom is 0.422 e. The molecule has 11 heteroatoms. The molecule has 0 atom stereocenters. The molecule has 29 heavy (non-hydrogen) atoms. The minimum Gasteiger partial charge on any atom is -0.484 e. The average Bonchev–Trinajstić information content (AvgIpc) is 2.67. The predicted molar refractivity (Wildman–Crippen MR) is 114 cm³/mol. The second kappa shape index (κ2) is 11.9. The topological polar surface area (TPSA) is 66.4 Å². The summed E-state index contributed by atoms with van der Waals surface area (Å²) in [7, 11) is 1.63. The van der Waals surface area contributed by atoms with E-state index in [1.165, 1.54) is 6.07 Å². The number of carbonyl (C=O) groups is 1. The summed E-state index contributed by atoms with van der Waals surface area (Å²) in [6, 6.07) is 6.56. The number of benzene rings is 1. The summed E-state index contributed by atoms with van der Waals surface area (Å²) in [4.78, 5) is 19.6. The highest BCUT2D eigenvalue weighted by atomic mass is 127. The highest BCUT2D eigenvalue weighted by molar-refractivity contribution is 14.0. The summed E-state index contributed by atoms with van der Waals surface area (Å²) in [6.07, 6.45) is -4.73. The highest BCUT2D eigenvalue weighted by Crippen LogP contribution is 2.22. The molecule has 0 radical (unpaired) electrons. The Kier molecular flexibility index (Phi) is 10.3. The van der Waals surface area contributed by atoms with Gasteiger partial charge in [-0.05, 0) is 13.0 Å². The van der Waals surface area contributed by atoms with Gasteiger partial charge in [0.1, 0.15) is 5.75 Å². The lowest BCUT2D eigenvalue weighted by molar-refractivity contribution is -0.153. The van der Waals surface area contributed by atoms with Gasteiger partial charge in [-0.1, -0.05) is 18.2 Å². The lowest BCUT2D eigenvalue weighted by Gasteiger charge is -2.35. The van der Waals surface area contributed by atoms with Crippen LogP contribution in [0.3, 0.4) is 0 Å². The zero-order chi connectivity index (χ0) is 20.6. The lowest BCUT2D eigenvalue weighted by Crippen LogP contribution is -2.53. The maximum atomic E-state index is 12.4. The first kappa shape index (κ1) is 25.1. The minimum atomic E-state index is -4.39. The number of carbonyl (C=O) groups excluding carboxylic acids is 1. The SMILES string of the molecule is CCOC(=O)N1CCN(C(=NC)NCc2ccccc2OCC(F)(F)F)CC1.I. The van der Waals surface area contributed by atoms with E-state index in [9.17, 15) is 18.0 Å². The number of halogens is 4. The van der Waals surface area contributed by atoms with Gasteiger partial charge in [0, 0.05) is 45.3 Å². The molecule has 0 spiro atoms. The molecule has 0 aromatic heterocycles. The zero-order valence-corrected chi connectivity index (χ0v) is 18.7. The molecule has 7 nitrogen and oxygen atoms in total. The molecule has 1 aromatic rings. The third-order valence-electron chi connectivity index (χ3n) is 4.12. The van der Waals surface area contributed by atoms with Crippen LogP contribution in [0.5, 0.6) is 5.75 Å². The summed E-state index contributed by atoms with van der Waals surface area (Å²) in [5, 5.41) is 3.14. The summed E-state index contributed by atoms with van der Waals surface area (Å²) < 4.78 is 47.2. The first-order valence-corrected chi connectivity index (χ1v) is 8.98. The van der Waals surface area contributed by atoms with Gasteiger partial charge in [0.2, 0.25) is 0 Å². The fourth-order valence-corrected chi connectivity index (χ4v) is 2.77. The van der Waals surface area contributed by atoms with Gasteiger partial charge in [0.15, 0.2) is 12.6 Å². The maximum absolute atomic E-state index is 12.4. The number of nitrogens with zero attached hydrogens (tertiary/aromatic N) is 3. The molecule has 2 rings (SSSR count). The van der Waals surface area contributed by atoms with Crippen molar-refractivity contribution in [3.8, 4) is 5.75 Å². The normalized spacial score (nSPS) is 14.9. The van der Waals surface area contributed by atoms with Crippen LogP contribution >= 0.6 is 24.0 Å². The van der Waals surface area contributed by atoms with Crippen LogP contribution in [0.2, 0.25) is 0 Å². The Labute approximate surface area is 185 Å². The molecule has 1 heterocycles. The lowest BCUT2D eigenvalue weighted by atomic mass is 10.2. The van der Waals surface area contributed by atoms with Gasteiger partial charge < -0.3 is 24.6 Å². The van der Waals surface area contributed by atoms with Crippen molar-refractivity contribution in [3.63, 3.8) is 0 Å². The van der Waals surface area contributed by atoms with Crippen molar-refractivity contribution in [1.82, 2.24) is 15.1 Å². The van der Waals surface area contributed by atoms with Crippen LogP contribution in [0.25, 0.3) is 0 Å². The summed E-state index contributed by atoms with van der Waals surface area (Å²) >= 11 is 0. The van der Waals surface area contributed by atoms with Crippen molar-refractivity contribution in [2.24, 2.45) is 4.99 Å². The van der Waals surface area contributed by atoms with E-state index in [-0.39, 0.29) is 42.4 Å². The standard InChI is InChI=1S/C18H25F3N4O3.HI/c1-3-27-17(26)25-10-8-24(9-11-25)16(22-2)23-12-14-6-4-5-7-15(14)28-13-18(19,20)21;/h4-7H,3,8-13H2,1-2H3,(H,22,23);1H. The quantitative estimate of drug-likeness (QED) is 0.360. The number of hydrogen-bond donors (Lipinski definition) is 1. The molecule has 1 amide bonds. The largest absolute Gasteiger partial charge is 0.484 e. The van der Waals surface area contributed by atoms with Gasteiger partial charge in [-0.15, -0.1) is 24.0 Å². The number of alkyl halides is 3. The number of ether oxygens (including phenoxy) is 2. The molecule has 0 unspecified atom stereocenters. The van der Waals surface area contributed by atoms with Crippen LogP contribution in [0.4, 0.5) is 18.0 Å². The predicted octanol–water partition coefficient (Wildman–Crippen LogP) is 3.10. The second-order valence-electron chi connectivity index (χ2n) is 6.09. The Hall–Kier alpha value is -1.92. The molecule has 1 aliphatic heterocycles. The summed E-state index contributed by atoms with van der Waals surface area (Å²) in [5.41, 5.74) is 0.595. The monoisotopic (exact) mass is 530 g/mol. The van der Waals surface area contributed by atoms with Crippen molar-refractivity contribution < 1.29 is 27.4 Å². The van der Waals surface area contributed by atoms with Crippen LogP contribution < -0.4 is 10.1 Å². The first-order chi connectivity index (χ1) is 13.3. The Balaban J connectivity index is 0.00000420. The Morgan fingerprint density at radius 1 is 1.17 bits per heavy atom. The van der Waals surface area contributed by atoms with E-state index in [0.29, 0.717) is 44.3 Å². The number of aliphatic imine (C=N–C) groups is 1. The fourth-order valence-electron chi connectivity index (χ4n) is 2.77. The van der Waals surface area contributed by atoms with Crippen molar-refractivity contribution in [1.29, 1.82) is 0 Å². The highest BCUT2D eigenvalue weighted by Gasteiger charge is 2.29. The van der Waals surface area contributed by atoms with E-state index in [2.05, 4.69) is 10.3 Å². The van der Waals surface area contributed by atoms with E-state index < -0.39 is 12.8 Å². The second-order valence-corrected chi connectivity index (χ2v) is 6.09. The number of rotatable bonds is 5. The number of nitrogens with one attached hydrogen (secondary N) is 1. The Morgan fingerprint density at radius 2 is 1.79 bits per heavy atom. The van der Waals surface area contributed by atoms with Gasteiger partial charge in [0.05, 0.1) is 6.61 Å². The molecule has 0 bridgehead atoms. The van der Waals surface area contributed by atoms with E-state index in [1.807, 2.05) is 4.90 Å². The molecule has 1 fully saturated rings. The van der Waals surface area contributed by atoms with E-state index in [1.54, 1.807) is 37.1 Å². The zero-order valence-electron chi connectivity index (χ0n) is 16.4. The van der Waals surface area contributed by atoms with Crippen LogP contribution in [-0.4, -0.2) is 74.5 Å². The molecule has 0 saturated carbocycles. The smallest absolute Gasteiger partial charge is 0.422 e. The molecule has 1 N–H and O–H groups in total. The number of piperazine rings is 1. The van der Waals surface area contributed by atoms with E-state index >= 15 is 0 Å². The van der Waals surface area contributed by atoms with Gasteiger partial charge in [0.25, 0.3) is 0 Å². The van der Waals surface area contributed by atoms with Gasteiger partial charge in [-0.3, -0.25) is 4.99 Å². The summed E-state index contributed by atoms with van der Waals surface area (Å²) in [6.45, 7) is 3.17. The summed E-state index contributed by atoms with van der Waals surface area (Å²) in [5.74, 6) is 0.782. The van der Waals surface area contributed by atoms with Gasteiger partial charge >= 0.3 is 12.3 Å². The third-order valence-corrected chi connectivity index (χ3v) is 4.12. The first-order valence-electron chi connectivity index (χ1n) is 8.98. The number of amides is 1. The molecule has 1 aromatic carbocycles. The van der Waals surface area contributed by atoms with Gasteiger partial charge in [-0.2, -0.15) is 13.2 Å². The molecular weight excluding hydrogens is 504 g/mol. The third kappa shape index (κ3) is 8.15. The van der Waals surface area contributed by atoms with Crippen LogP contribution in [-0.2, 0) is 11.3 Å². The number of guanidine groups is 1. The molecular formula is C18H26F3IN4O3. The van der Waals surface area contributed by atoms with Crippen molar-refractivity contribution in [3.05, 3.63) is 29.8 Å². The van der Waals surface area contributed by atoms with Crippen LogP contribution in [0, 0.1) is 0 Å². The van der Waals surface area contributed by atoms with E-state index in [4.69, 9.17) is 9.47 Å². The van der Waals surface area contributed by atoms with Crippen molar-refractivity contribution in [2.45, 2.75) is 19.6 Å². The van der Waals surface area contributed by atoms with Gasteiger partial charge in [-0.25, -0.2) is 4.79 Å². The molecule has 1 saturated heterocycles. The molecule has 1 aliphatic rings. The fraction of sp³-hybridized carbons (Fsp3) is 0.556. The van der Waals surface area contributed by atoms with Crippen LogP contribution in [0.15, 0.2) is 29.3 Å². The van der Waals surface area contributed by atoms with E-state index in [0.717, 1.165) is 0 Å². The Morgan fingerprint density at radius 3 is 2.38 bits per heavy atom. The van der Waals surface area contributed by atoms with Crippen molar-refractivity contribution in [2.75, 3.05) is 46.4 Å². The minimum absolute atomic E-state index is 0. The number of hydrogen-bond acceptors (Lipinski definition) is 4. The van der Waals surface area contributed by atoms with Crippen molar-refractivity contribution >= 4 is 36.0 Å². The Bertz CT molecular complexity index is 681. The number of para-hydroxylation sites is 1.